The Labute approximate surface area is 86.6 Å². The highest BCUT2D eigenvalue weighted by molar-refractivity contribution is 5.78. The minimum atomic E-state index is 0.0921. The van der Waals surface area contributed by atoms with Gasteiger partial charge in [0.1, 0.15) is 0 Å². The number of carbonyl (C=O) groups excluding carboxylic acids is 1. The largest absolute Gasteiger partial charge is 0.352 e. The second kappa shape index (κ2) is 5.35. The maximum absolute atomic E-state index is 11.5. The number of hydrogen-bond acceptors (Lipinski definition) is 2. The third-order valence-electron chi connectivity index (χ3n) is 3.00. The Bertz CT molecular complexity index is 192. The predicted molar refractivity (Wildman–Crippen MR) is 58.0 cm³/mol. The summed E-state index contributed by atoms with van der Waals surface area (Å²) in [6, 6.07) is 0.337. The molecule has 1 aliphatic rings. The second-order valence-corrected chi connectivity index (χ2v) is 4.43. The summed E-state index contributed by atoms with van der Waals surface area (Å²) in [5, 5.41) is 6.45. The molecule has 1 saturated heterocycles. The van der Waals surface area contributed by atoms with Gasteiger partial charge >= 0.3 is 0 Å². The van der Waals surface area contributed by atoms with E-state index in [4.69, 9.17) is 0 Å². The van der Waals surface area contributed by atoms with Crippen molar-refractivity contribution < 1.29 is 4.79 Å². The number of amides is 1. The standard InChI is InChI=1S/C11H22N2O/c1-4-9-5-6-12-7-10(9)13-11(14)8(2)3/h8-10,12H,4-7H2,1-3H3,(H,13,14). The van der Waals surface area contributed by atoms with Crippen molar-refractivity contribution in [2.75, 3.05) is 13.1 Å². The predicted octanol–water partition coefficient (Wildman–Crippen LogP) is 1.15. The van der Waals surface area contributed by atoms with E-state index >= 15 is 0 Å². The van der Waals surface area contributed by atoms with Gasteiger partial charge in [0.05, 0.1) is 0 Å². The molecule has 0 aromatic rings. The molecule has 0 aromatic carbocycles. The van der Waals surface area contributed by atoms with Gasteiger partial charge in [0, 0.05) is 18.5 Å². The molecular weight excluding hydrogens is 176 g/mol. The molecule has 1 amide bonds. The lowest BCUT2D eigenvalue weighted by atomic mass is 9.90. The first-order valence-corrected chi connectivity index (χ1v) is 5.66. The lowest BCUT2D eigenvalue weighted by Gasteiger charge is -2.32. The Balaban J connectivity index is 2.44. The Morgan fingerprint density at radius 1 is 1.57 bits per heavy atom. The molecule has 3 nitrogen and oxygen atoms in total. The Morgan fingerprint density at radius 3 is 2.86 bits per heavy atom. The Hall–Kier alpha value is -0.570. The number of rotatable bonds is 3. The lowest BCUT2D eigenvalue weighted by molar-refractivity contribution is -0.125. The van der Waals surface area contributed by atoms with Crippen molar-refractivity contribution in [1.82, 2.24) is 10.6 Å². The van der Waals surface area contributed by atoms with Gasteiger partial charge in [-0.3, -0.25) is 4.79 Å². The molecular formula is C11H22N2O. The van der Waals surface area contributed by atoms with Gasteiger partial charge in [-0.05, 0) is 18.9 Å². The molecule has 2 N–H and O–H groups in total. The minimum absolute atomic E-state index is 0.0921. The summed E-state index contributed by atoms with van der Waals surface area (Å²) in [7, 11) is 0. The van der Waals surface area contributed by atoms with E-state index in [2.05, 4.69) is 17.6 Å². The van der Waals surface area contributed by atoms with Crippen LogP contribution in [-0.4, -0.2) is 25.0 Å². The molecule has 0 saturated carbocycles. The van der Waals surface area contributed by atoms with Crippen molar-refractivity contribution in [2.45, 2.75) is 39.7 Å². The summed E-state index contributed by atoms with van der Waals surface area (Å²) in [6.45, 7) is 8.09. The first kappa shape index (κ1) is 11.5. The van der Waals surface area contributed by atoms with Gasteiger partial charge in [-0.1, -0.05) is 27.2 Å². The molecule has 82 valence electrons. The highest BCUT2D eigenvalue weighted by Gasteiger charge is 2.25. The smallest absolute Gasteiger partial charge is 0.222 e. The molecule has 0 bridgehead atoms. The Kier molecular flexibility index (Phi) is 4.39. The summed E-state index contributed by atoms with van der Waals surface area (Å²) in [6.07, 6.45) is 2.34. The fraction of sp³-hybridized carbons (Fsp3) is 0.909. The van der Waals surface area contributed by atoms with Crippen LogP contribution in [-0.2, 0) is 4.79 Å². The third-order valence-corrected chi connectivity index (χ3v) is 3.00. The number of hydrogen-bond donors (Lipinski definition) is 2. The van der Waals surface area contributed by atoms with Crippen LogP contribution in [0.25, 0.3) is 0 Å². The summed E-state index contributed by atoms with van der Waals surface area (Å²) in [5.41, 5.74) is 0. The third kappa shape index (κ3) is 2.98. The highest BCUT2D eigenvalue weighted by Crippen LogP contribution is 2.16. The summed E-state index contributed by atoms with van der Waals surface area (Å²) < 4.78 is 0. The van der Waals surface area contributed by atoms with Crippen LogP contribution >= 0.6 is 0 Å². The van der Waals surface area contributed by atoms with Gasteiger partial charge in [0.15, 0.2) is 0 Å². The average molecular weight is 198 g/mol. The van der Waals surface area contributed by atoms with E-state index in [1.807, 2.05) is 13.8 Å². The first-order valence-electron chi connectivity index (χ1n) is 5.66. The molecule has 1 fully saturated rings. The minimum Gasteiger partial charge on any atom is -0.352 e. The van der Waals surface area contributed by atoms with Crippen LogP contribution in [0.5, 0.6) is 0 Å². The molecule has 3 heteroatoms. The van der Waals surface area contributed by atoms with Crippen molar-refractivity contribution in [3.05, 3.63) is 0 Å². The molecule has 14 heavy (non-hydrogen) atoms. The maximum Gasteiger partial charge on any atom is 0.222 e. The van der Waals surface area contributed by atoms with Gasteiger partial charge < -0.3 is 10.6 Å². The van der Waals surface area contributed by atoms with Gasteiger partial charge in [0.2, 0.25) is 5.91 Å². The molecule has 1 aliphatic heterocycles. The zero-order valence-corrected chi connectivity index (χ0v) is 9.47. The molecule has 2 atom stereocenters. The fourth-order valence-corrected chi connectivity index (χ4v) is 1.92. The van der Waals surface area contributed by atoms with Crippen molar-refractivity contribution in [2.24, 2.45) is 11.8 Å². The van der Waals surface area contributed by atoms with Gasteiger partial charge in [-0.25, -0.2) is 0 Å². The van der Waals surface area contributed by atoms with Crippen LogP contribution in [0.4, 0.5) is 0 Å². The van der Waals surface area contributed by atoms with E-state index in [1.54, 1.807) is 0 Å². The van der Waals surface area contributed by atoms with E-state index in [0.29, 0.717) is 12.0 Å². The van der Waals surface area contributed by atoms with Crippen molar-refractivity contribution >= 4 is 5.91 Å². The van der Waals surface area contributed by atoms with Crippen molar-refractivity contribution in [3.63, 3.8) is 0 Å². The quantitative estimate of drug-likeness (QED) is 0.714. The summed E-state index contributed by atoms with van der Waals surface area (Å²) >= 11 is 0. The van der Waals surface area contributed by atoms with E-state index in [9.17, 15) is 4.79 Å². The average Bonchev–Trinajstić information content (AvgIpc) is 2.18. The molecule has 0 aliphatic carbocycles. The second-order valence-electron chi connectivity index (χ2n) is 4.43. The monoisotopic (exact) mass is 198 g/mol. The summed E-state index contributed by atoms with van der Waals surface area (Å²) in [4.78, 5) is 11.5. The van der Waals surface area contributed by atoms with Gasteiger partial charge in [0.25, 0.3) is 0 Å². The molecule has 1 rings (SSSR count). The fourth-order valence-electron chi connectivity index (χ4n) is 1.92. The van der Waals surface area contributed by atoms with Crippen LogP contribution in [0.1, 0.15) is 33.6 Å². The molecule has 1 heterocycles. The number of nitrogens with one attached hydrogen (secondary N) is 2. The zero-order valence-electron chi connectivity index (χ0n) is 9.47. The highest BCUT2D eigenvalue weighted by atomic mass is 16.1. The van der Waals surface area contributed by atoms with Gasteiger partial charge in [-0.15, -0.1) is 0 Å². The van der Waals surface area contributed by atoms with E-state index in [0.717, 1.165) is 19.5 Å². The lowest BCUT2D eigenvalue weighted by Crippen LogP contribution is -2.51. The van der Waals surface area contributed by atoms with E-state index in [1.165, 1.54) is 6.42 Å². The van der Waals surface area contributed by atoms with Gasteiger partial charge in [-0.2, -0.15) is 0 Å². The van der Waals surface area contributed by atoms with Crippen LogP contribution < -0.4 is 10.6 Å². The molecule has 0 spiro atoms. The normalized spacial score (nSPS) is 27.7. The van der Waals surface area contributed by atoms with Crippen molar-refractivity contribution in [3.8, 4) is 0 Å². The topological polar surface area (TPSA) is 41.1 Å². The maximum atomic E-state index is 11.5. The van der Waals surface area contributed by atoms with Crippen LogP contribution in [0, 0.1) is 11.8 Å². The van der Waals surface area contributed by atoms with Crippen molar-refractivity contribution in [1.29, 1.82) is 0 Å². The van der Waals surface area contributed by atoms with Crippen LogP contribution in [0.3, 0.4) is 0 Å². The molecule has 2 unspecified atom stereocenters. The van der Waals surface area contributed by atoms with Crippen LogP contribution in [0.2, 0.25) is 0 Å². The molecule has 0 aromatic heterocycles. The van der Waals surface area contributed by atoms with E-state index < -0.39 is 0 Å². The molecule has 0 radical (unpaired) electrons. The zero-order chi connectivity index (χ0) is 10.6. The summed E-state index contributed by atoms with van der Waals surface area (Å²) in [5.74, 6) is 0.922. The number of carbonyl (C=O) groups is 1. The SMILES string of the molecule is CCC1CCNCC1NC(=O)C(C)C. The van der Waals surface area contributed by atoms with Crippen LogP contribution in [0.15, 0.2) is 0 Å². The first-order chi connectivity index (χ1) is 6.65. The Morgan fingerprint density at radius 2 is 2.29 bits per heavy atom. The number of piperidine rings is 1. The van der Waals surface area contributed by atoms with E-state index in [-0.39, 0.29) is 11.8 Å².